The van der Waals surface area contributed by atoms with E-state index in [1.807, 2.05) is 13.8 Å². The monoisotopic (exact) mass is 517 g/mol. The highest BCUT2D eigenvalue weighted by molar-refractivity contribution is 9.10. The smallest absolute Gasteiger partial charge is 0.269 e. The Balaban J connectivity index is 2.17. The Bertz CT molecular complexity index is 1220. The van der Waals surface area contributed by atoms with Crippen LogP contribution in [0.1, 0.15) is 19.9 Å². The van der Waals surface area contributed by atoms with E-state index in [4.69, 9.17) is 4.74 Å². The van der Waals surface area contributed by atoms with E-state index in [-0.39, 0.29) is 17.3 Å². The molecule has 0 bridgehead atoms. The summed E-state index contributed by atoms with van der Waals surface area (Å²) in [5.74, 6) is -3.03. The SMILES string of the molecule is COCN(c1cccc(-c2nn(C(C)C)cc2Br)c1F)S(=O)(=O)c1cc(F)ccc1F. The molecule has 0 aliphatic rings. The quantitative estimate of drug-likeness (QED) is 0.408. The summed E-state index contributed by atoms with van der Waals surface area (Å²) in [7, 11) is -3.49. The van der Waals surface area contributed by atoms with Crippen molar-refractivity contribution in [2.45, 2.75) is 24.8 Å². The van der Waals surface area contributed by atoms with Crippen LogP contribution in [-0.2, 0) is 14.8 Å². The normalized spacial score (nSPS) is 11.9. The minimum atomic E-state index is -4.69. The number of benzene rings is 2. The molecule has 0 saturated carbocycles. The predicted molar refractivity (Wildman–Crippen MR) is 114 cm³/mol. The molecule has 0 radical (unpaired) electrons. The second-order valence-electron chi connectivity index (χ2n) is 6.88. The van der Waals surface area contributed by atoms with Gasteiger partial charge in [0.2, 0.25) is 0 Å². The van der Waals surface area contributed by atoms with E-state index in [2.05, 4.69) is 21.0 Å². The summed E-state index contributed by atoms with van der Waals surface area (Å²) in [6, 6.07) is 6.12. The average Bonchev–Trinajstić information content (AvgIpc) is 3.10. The summed E-state index contributed by atoms with van der Waals surface area (Å²) >= 11 is 3.34. The molecule has 11 heteroatoms. The summed E-state index contributed by atoms with van der Waals surface area (Å²) in [5.41, 5.74) is -0.103. The third-order valence-corrected chi connectivity index (χ3v) is 6.76. The van der Waals surface area contributed by atoms with Crippen LogP contribution in [-0.4, -0.2) is 32.0 Å². The number of anilines is 1. The Kier molecular flexibility index (Phi) is 6.77. The van der Waals surface area contributed by atoms with Gasteiger partial charge in [0, 0.05) is 24.9 Å². The molecular formula is C20H19BrF3N3O3S. The maximum atomic E-state index is 15.5. The molecule has 0 fully saturated rings. The molecule has 0 atom stereocenters. The number of halogens is 4. The molecule has 166 valence electrons. The van der Waals surface area contributed by atoms with Gasteiger partial charge in [0.25, 0.3) is 10.0 Å². The predicted octanol–water partition coefficient (Wildman–Crippen LogP) is 5.11. The highest BCUT2D eigenvalue weighted by Gasteiger charge is 2.31. The van der Waals surface area contributed by atoms with E-state index in [9.17, 15) is 17.2 Å². The molecule has 0 amide bonds. The van der Waals surface area contributed by atoms with Crippen molar-refractivity contribution >= 4 is 31.6 Å². The van der Waals surface area contributed by atoms with Gasteiger partial charge in [-0.1, -0.05) is 6.07 Å². The number of hydrogen-bond donors (Lipinski definition) is 0. The maximum Gasteiger partial charge on any atom is 0.269 e. The first-order valence-corrected chi connectivity index (χ1v) is 11.3. The Morgan fingerprint density at radius 3 is 2.52 bits per heavy atom. The molecule has 2 aromatic carbocycles. The summed E-state index contributed by atoms with van der Waals surface area (Å²) in [4.78, 5) is -0.931. The minimum absolute atomic E-state index is 0.0117. The molecule has 0 N–H and O–H groups in total. The van der Waals surface area contributed by atoms with Gasteiger partial charge in [-0.25, -0.2) is 25.9 Å². The van der Waals surface area contributed by atoms with E-state index >= 15 is 4.39 Å². The largest absolute Gasteiger partial charge is 0.363 e. The van der Waals surface area contributed by atoms with E-state index in [1.165, 1.54) is 25.3 Å². The molecule has 0 saturated heterocycles. The molecule has 31 heavy (non-hydrogen) atoms. The maximum absolute atomic E-state index is 15.5. The van der Waals surface area contributed by atoms with Gasteiger partial charge in [0.05, 0.1) is 10.2 Å². The Labute approximate surface area is 186 Å². The van der Waals surface area contributed by atoms with E-state index in [0.717, 1.165) is 6.07 Å². The first-order valence-electron chi connectivity index (χ1n) is 9.08. The first-order chi connectivity index (χ1) is 14.6. The molecule has 6 nitrogen and oxygen atoms in total. The van der Waals surface area contributed by atoms with Crippen LogP contribution in [0.3, 0.4) is 0 Å². The standard InChI is InChI=1S/C20H19BrF3N3O3S/c1-12(2)26-10-15(21)20(25-26)14-5-4-6-17(19(14)24)27(11-30-3)31(28,29)18-9-13(22)7-8-16(18)23/h4-10,12H,11H2,1-3H3. The molecule has 0 aliphatic heterocycles. The third kappa shape index (κ3) is 4.48. The number of aromatic nitrogens is 2. The molecule has 0 unspecified atom stereocenters. The van der Waals surface area contributed by atoms with E-state index in [0.29, 0.717) is 20.9 Å². The summed E-state index contributed by atoms with van der Waals surface area (Å²) in [5, 5.41) is 4.35. The Morgan fingerprint density at radius 1 is 1.19 bits per heavy atom. The molecule has 0 aliphatic carbocycles. The lowest BCUT2D eigenvalue weighted by Gasteiger charge is -2.24. The fourth-order valence-electron chi connectivity index (χ4n) is 2.89. The number of sulfonamides is 1. The Morgan fingerprint density at radius 2 is 1.90 bits per heavy atom. The van der Waals surface area contributed by atoms with Crippen molar-refractivity contribution in [1.29, 1.82) is 0 Å². The van der Waals surface area contributed by atoms with Crippen molar-refractivity contribution in [3.63, 3.8) is 0 Å². The minimum Gasteiger partial charge on any atom is -0.363 e. The lowest BCUT2D eigenvalue weighted by atomic mass is 10.1. The van der Waals surface area contributed by atoms with Crippen LogP contribution < -0.4 is 4.31 Å². The lowest BCUT2D eigenvalue weighted by molar-refractivity contribution is 0.209. The van der Waals surface area contributed by atoms with Crippen LogP contribution in [0.15, 0.2) is 52.0 Å². The van der Waals surface area contributed by atoms with Crippen molar-refractivity contribution in [2.24, 2.45) is 0 Å². The molecule has 3 rings (SSSR count). The molecule has 1 aromatic heterocycles. The van der Waals surface area contributed by atoms with Gasteiger partial charge in [0.15, 0.2) is 5.82 Å². The zero-order valence-electron chi connectivity index (χ0n) is 16.8. The van der Waals surface area contributed by atoms with Gasteiger partial charge in [-0.3, -0.25) is 4.68 Å². The number of ether oxygens (including phenoxy) is 1. The van der Waals surface area contributed by atoms with Crippen molar-refractivity contribution in [2.75, 3.05) is 18.1 Å². The van der Waals surface area contributed by atoms with Crippen LogP contribution >= 0.6 is 15.9 Å². The van der Waals surface area contributed by atoms with Crippen molar-refractivity contribution < 1.29 is 26.3 Å². The van der Waals surface area contributed by atoms with Gasteiger partial charge in [-0.05, 0) is 60.1 Å². The highest BCUT2D eigenvalue weighted by atomic mass is 79.9. The molecule has 1 heterocycles. The van der Waals surface area contributed by atoms with Crippen LogP contribution in [0.4, 0.5) is 18.9 Å². The van der Waals surface area contributed by atoms with Gasteiger partial charge in [-0.2, -0.15) is 5.10 Å². The average molecular weight is 518 g/mol. The number of rotatable bonds is 7. The molecule has 3 aromatic rings. The second-order valence-corrected chi connectivity index (χ2v) is 9.57. The van der Waals surface area contributed by atoms with Crippen molar-refractivity contribution in [3.8, 4) is 11.3 Å². The van der Waals surface area contributed by atoms with E-state index < -0.39 is 44.8 Å². The van der Waals surface area contributed by atoms with E-state index in [1.54, 1.807) is 10.9 Å². The lowest BCUT2D eigenvalue weighted by Crippen LogP contribution is -2.34. The van der Waals surface area contributed by atoms with Crippen molar-refractivity contribution in [1.82, 2.24) is 9.78 Å². The summed E-state index contributed by atoms with van der Waals surface area (Å²) in [6.45, 7) is 3.17. The zero-order valence-corrected chi connectivity index (χ0v) is 19.2. The number of hydrogen-bond acceptors (Lipinski definition) is 4. The molecule has 0 spiro atoms. The fourth-order valence-corrected chi connectivity index (χ4v) is 4.85. The summed E-state index contributed by atoms with van der Waals surface area (Å²) in [6.07, 6.45) is 1.68. The van der Waals surface area contributed by atoms with Crippen LogP contribution in [0.5, 0.6) is 0 Å². The fraction of sp³-hybridized carbons (Fsp3) is 0.250. The van der Waals surface area contributed by atoms with Gasteiger partial charge in [0.1, 0.15) is 29.0 Å². The third-order valence-electron chi connectivity index (χ3n) is 4.43. The second kappa shape index (κ2) is 9.01. The van der Waals surface area contributed by atoms with Crippen molar-refractivity contribution in [3.05, 3.63) is 64.5 Å². The zero-order chi connectivity index (χ0) is 22.9. The Hall–Kier alpha value is -2.37. The topological polar surface area (TPSA) is 64.4 Å². The number of methoxy groups -OCH3 is 1. The van der Waals surface area contributed by atoms with Crippen LogP contribution in [0, 0.1) is 17.5 Å². The van der Waals surface area contributed by atoms with Gasteiger partial charge < -0.3 is 4.74 Å². The summed E-state index contributed by atoms with van der Waals surface area (Å²) < 4.78 is 77.2. The van der Waals surface area contributed by atoms with Gasteiger partial charge in [-0.15, -0.1) is 0 Å². The van der Waals surface area contributed by atoms with Crippen LogP contribution in [0.25, 0.3) is 11.3 Å². The molecular weight excluding hydrogens is 499 g/mol. The van der Waals surface area contributed by atoms with Gasteiger partial charge >= 0.3 is 0 Å². The number of nitrogens with zero attached hydrogens (tertiary/aromatic N) is 3. The highest BCUT2D eigenvalue weighted by Crippen LogP contribution is 2.36. The first kappa shape index (κ1) is 23.3. The van der Waals surface area contributed by atoms with Crippen LogP contribution in [0.2, 0.25) is 0 Å².